The number of carboxylic acid groups (broad SMARTS) is 1. The molecule has 1 heterocycles. The predicted octanol–water partition coefficient (Wildman–Crippen LogP) is 3.67. The number of nitrogens with zero attached hydrogens (tertiary/aromatic N) is 1. The molecule has 0 aliphatic carbocycles. The zero-order chi connectivity index (χ0) is 22.8. The van der Waals surface area contributed by atoms with E-state index >= 15 is 0 Å². The molecule has 0 aromatic heterocycles. The van der Waals surface area contributed by atoms with Crippen molar-refractivity contribution >= 4 is 17.7 Å². The molecule has 0 saturated carbocycles. The average molecular weight is 426 g/mol. The maximum absolute atomic E-state index is 12.2. The zero-order valence-electron chi connectivity index (χ0n) is 18.5. The van der Waals surface area contributed by atoms with Crippen molar-refractivity contribution in [3.63, 3.8) is 0 Å². The van der Waals surface area contributed by atoms with Crippen LogP contribution in [0.3, 0.4) is 0 Å². The van der Waals surface area contributed by atoms with Gasteiger partial charge in [-0.15, -0.1) is 0 Å². The first kappa shape index (κ1) is 22.8. The highest BCUT2D eigenvalue weighted by Crippen LogP contribution is 2.39. The molecule has 2 amide bonds. The molecule has 0 radical (unpaired) electrons. The van der Waals surface area contributed by atoms with E-state index in [1.54, 1.807) is 18.7 Å². The fraction of sp³-hybridized carbons (Fsp3) is 0.417. The van der Waals surface area contributed by atoms with E-state index in [4.69, 9.17) is 0 Å². The van der Waals surface area contributed by atoms with E-state index in [1.807, 2.05) is 49.4 Å². The Balaban J connectivity index is 1.86. The van der Waals surface area contributed by atoms with Crippen molar-refractivity contribution in [1.82, 2.24) is 10.6 Å². The average Bonchev–Trinajstić information content (AvgIpc) is 2.66. The van der Waals surface area contributed by atoms with Crippen LogP contribution in [0, 0.1) is 0 Å². The van der Waals surface area contributed by atoms with E-state index in [9.17, 15) is 19.8 Å². The van der Waals surface area contributed by atoms with Crippen LogP contribution in [-0.2, 0) is 11.3 Å². The first-order valence-electron chi connectivity index (χ1n) is 10.5. The maximum Gasteiger partial charge on any atom is 0.405 e. The largest absolute Gasteiger partial charge is 0.465 e. The van der Waals surface area contributed by atoms with E-state index in [-0.39, 0.29) is 18.0 Å². The number of aliphatic hydroxyl groups is 1. The molecular weight excluding hydrogens is 394 g/mol. The van der Waals surface area contributed by atoms with Crippen LogP contribution in [0.15, 0.2) is 42.5 Å². The monoisotopic (exact) mass is 425 g/mol. The van der Waals surface area contributed by atoms with Crippen molar-refractivity contribution in [2.45, 2.75) is 58.3 Å². The lowest BCUT2D eigenvalue weighted by atomic mass is 9.89. The minimum Gasteiger partial charge on any atom is -0.465 e. The molecule has 0 bridgehead atoms. The van der Waals surface area contributed by atoms with Gasteiger partial charge in [-0.25, -0.2) is 4.79 Å². The van der Waals surface area contributed by atoms with Crippen LogP contribution in [0.5, 0.6) is 0 Å². The lowest BCUT2D eigenvalue weighted by Crippen LogP contribution is -2.45. The van der Waals surface area contributed by atoms with Gasteiger partial charge in [0.2, 0.25) is 5.91 Å². The smallest absolute Gasteiger partial charge is 0.405 e. The summed E-state index contributed by atoms with van der Waals surface area (Å²) in [7, 11) is 0. The molecule has 7 heteroatoms. The summed E-state index contributed by atoms with van der Waals surface area (Å²) in [6, 6.07) is 13.5. The second-order valence-electron chi connectivity index (χ2n) is 8.86. The van der Waals surface area contributed by atoms with E-state index in [0.29, 0.717) is 19.5 Å². The number of hydrogen-bond acceptors (Lipinski definition) is 4. The SMILES string of the molecule is CC(=O)N1c2ccc(-c3ccc(CNCC(C)(C)O)cc3)cc2[C@@H](NC(=O)O)C[C@H]1C. The van der Waals surface area contributed by atoms with E-state index in [0.717, 1.165) is 27.9 Å². The Kier molecular flexibility index (Phi) is 6.67. The van der Waals surface area contributed by atoms with Crippen molar-refractivity contribution in [3.05, 3.63) is 53.6 Å². The summed E-state index contributed by atoms with van der Waals surface area (Å²) in [4.78, 5) is 25.3. The molecule has 31 heavy (non-hydrogen) atoms. The highest BCUT2D eigenvalue weighted by molar-refractivity contribution is 5.94. The number of rotatable bonds is 6. The Morgan fingerprint density at radius 3 is 2.35 bits per heavy atom. The van der Waals surface area contributed by atoms with Crippen LogP contribution in [0.1, 0.15) is 51.3 Å². The summed E-state index contributed by atoms with van der Waals surface area (Å²) < 4.78 is 0. The number of benzene rings is 2. The number of amides is 2. The molecule has 0 unspecified atom stereocenters. The summed E-state index contributed by atoms with van der Waals surface area (Å²) in [5.74, 6) is -0.0572. The normalized spacial score (nSPS) is 18.4. The van der Waals surface area contributed by atoms with Crippen molar-refractivity contribution in [2.75, 3.05) is 11.4 Å². The van der Waals surface area contributed by atoms with Crippen LogP contribution in [0.4, 0.5) is 10.5 Å². The number of carbonyl (C=O) groups excluding carboxylic acids is 1. The minimum atomic E-state index is -1.08. The van der Waals surface area contributed by atoms with Gasteiger partial charge in [0.25, 0.3) is 0 Å². The predicted molar refractivity (Wildman–Crippen MR) is 121 cm³/mol. The summed E-state index contributed by atoms with van der Waals surface area (Å²) in [6.07, 6.45) is -0.554. The lowest BCUT2D eigenvalue weighted by Gasteiger charge is -2.39. The van der Waals surface area contributed by atoms with Crippen LogP contribution >= 0.6 is 0 Å². The number of nitrogens with one attached hydrogen (secondary N) is 2. The van der Waals surface area contributed by atoms with Crippen molar-refractivity contribution in [1.29, 1.82) is 0 Å². The van der Waals surface area contributed by atoms with Crippen molar-refractivity contribution in [2.24, 2.45) is 0 Å². The van der Waals surface area contributed by atoms with Crippen molar-refractivity contribution in [3.8, 4) is 11.1 Å². The third-order valence-corrected chi connectivity index (χ3v) is 5.49. The van der Waals surface area contributed by atoms with Gasteiger partial charge in [0.1, 0.15) is 0 Å². The fourth-order valence-electron chi connectivity index (χ4n) is 4.14. The molecule has 0 saturated heterocycles. The molecule has 1 aliphatic rings. The fourth-order valence-corrected chi connectivity index (χ4v) is 4.14. The molecule has 0 fully saturated rings. The van der Waals surface area contributed by atoms with Crippen LogP contribution in [0.2, 0.25) is 0 Å². The van der Waals surface area contributed by atoms with Gasteiger partial charge in [-0.3, -0.25) is 4.79 Å². The Hall–Kier alpha value is -2.90. The van der Waals surface area contributed by atoms with Gasteiger partial charge in [-0.1, -0.05) is 30.3 Å². The first-order valence-corrected chi connectivity index (χ1v) is 10.5. The third kappa shape index (κ3) is 5.62. The Bertz CT molecular complexity index is 950. The second kappa shape index (κ2) is 9.08. The molecule has 4 N–H and O–H groups in total. The highest BCUT2D eigenvalue weighted by Gasteiger charge is 2.33. The summed E-state index contributed by atoms with van der Waals surface area (Å²) in [5.41, 5.74) is 3.88. The van der Waals surface area contributed by atoms with Gasteiger partial charge in [0.15, 0.2) is 0 Å². The molecule has 2 aromatic carbocycles. The van der Waals surface area contributed by atoms with Gasteiger partial charge in [-0.2, -0.15) is 0 Å². The van der Waals surface area contributed by atoms with Gasteiger partial charge in [0, 0.05) is 31.7 Å². The number of carbonyl (C=O) groups is 2. The number of fused-ring (bicyclic) bond motifs is 1. The molecule has 1 aliphatic heterocycles. The molecular formula is C24H31N3O4. The zero-order valence-corrected chi connectivity index (χ0v) is 18.5. The Morgan fingerprint density at radius 2 is 1.77 bits per heavy atom. The van der Waals surface area contributed by atoms with Gasteiger partial charge >= 0.3 is 6.09 Å². The minimum absolute atomic E-state index is 0.0572. The van der Waals surface area contributed by atoms with Gasteiger partial charge in [0.05, 0.1) is 11.6 Å². The quantitative estimate of drug-likeness (QED) is 0.566. The number of hydrogen-bond donors (Lipinski definition) is 4. The summed E-state index contributed by atoms with van der Waals surface area (Å²) in [6.45, 7) is 8.15. The molecule has 2 aromatic rings. The van der Waals surface area contributed by atoms with E-state index in [1.165, 1.54) is 6.92 Å². The maximum atomic E-state index is 12.2. The topological polar surface area (TPSA) is 102 Å². The second-order valence-corrected chi connectivity index (χ2v) is 8.86. The molecule has 0 spiro atoms. The molecule has 166 valence electrons. The number of anilines is 1. The Labute approximate surface area is 183 Å². The highest BCUT2D eigenvalue weighted by atomic mass is 16.4. The molecule has 2 atom stereocenters. The molecule has 7 nitrogen and oxygen atoms in total. The van der Waals surface area contributed by atoms with Crippen LogP contribution in [-0.4, -0.2) is 40.4 Å². The Morgan fingerprint density at radius 1 is 1.13 bits per heavy atom. The van der Waals surface area contributed by atoms with Crippen LogP contribution < -0.4 is 15.5 Å². The lowest BCUT2D eigenvalue weighted by molar-refractivity contribution is -0.117. The third-order valence-electron chi connectivity index (χ3n) is 5.49. The van der Waals surface area contributed by atoms with Gasteiger partial charge in [-0.05, 0) is 61.6 Å². The van der Waals surface area contributed by atoms with E-state index < -0.39 is 11.7 Å². The first-order chi connectivity index (χ1) is 14.5. The summed E-state index contributed by atoms with van der Waals surface area (Å²) in [5, 5.41) is 24.9. The molecule has 3 rings (SSSR count). The van der Waals surface area contributed by atoms with E-state index in [2.05, 4.69) is 10.6 Å². The summed E-state index contributed by atoms with van der Waals surface area (Å²) >= 11 is 0. The van der Waals surface area contributed by atoms with Gasteiger partial charge < -0.3 is 25.7 Å². The standard InChI is InChI=1S/C24H31N3O4/c1-15-11-21(26-23(29)30)20-12-19(9-10-22(20)27(15)16(2)28)18-7-5-17(6-8-18)13-25-14-24(3,4)31/h5-10,12,15,21,25-26,31H,11,13-14H2,1-4H3,(H,29,30)/t15-,21+/m1/s1. The van der Waals surface area contributed by atoms with Crippen LogP contribution in [0.25, 0.3) is 11.1 Å². The van der Waals surface area contributed by atoms with Crippen molar-refractivity contribution < 1.29 is 19.8 Å².